The molecule has 1 aliphatic heterocycles. The molecular formula is C26H21BrFN3O. The van der Waals surface area contributed by atoms with E-state index in [9.17, 15) is 9.18 Å². The minimum absolute atomic E-state index is 0.148. The summed E-state index contributed by atoms with van der Waals surface area (Å²) in [5.74, 6) is -0.487. The van der Waals surface area contributed by atoms with Gasteiger partial charge in [0.1, 0.15) is 11.9 Å². The minimum Gasteiger partial charge on any atom is -0.318 e. The molecule has 2 amide bonds. The Morgan fingerprint density at radius 3 is 2.62 bits per heavy atom. The van der Waals surface area contributed by atoms with Crippen molar-refractivity contribution >= 4 is 27.6 Å². The number of halogens is 2. The molecule has 2 heterocycles. The number of rotatable bonds is 2. The van der Waals surface area contributed by atoms with Crippen LogP contribution in [0.25, 0.3) is 5.69 Å². The molecule has 0 bridgehead atoms. The van der Waals surface area contributed by atoms with Crippen molar-refractivity contribution in [2.45, 2.75) is 19.5 Å². The number of urea groups is 1. The SMILES string of the molecule is Cc1ccccc1[C@H]1c2cccn2-c2ccccc2CN1C(=O)Nc1ccc(Br)cc1F. The maximum atomic E-state index is 14.5. The number of anilines is 1. The first-order chi connectivity index (χ1) is 15.5. The Balaban J connectivity index is 1.65. The molecule has 1 atom stereocenters. The van der Waals surface area contributed by atoms with E-state index in [2.05, 4.69) is 31.9 Å². The van der Waals surface area contributed by atoms with Crippen LogP contribution in [0.4, 0.5) is 14.9 Å². The van der Waals surface area contributed by atoms with Gasteiger partial charge in [-0.15, -0.1) is 0 Å². The number of nitrogens with one attached hydrogen (secondary N) is 1. The van der Waals surface area contributed by atoms with E-state index < -0.39 is 5.82 Å². The predicted octanol–water partition coefficient (Wildman–Crippen LogP) is 6.82. The summed E-state index contributed by atoms with van der Waals surface area (Å²) in [6, 6.07) is 24.1. The number of nitrogens with zero attached hydrogens (tertiary/aromatic N) is 2. The van der Waals surface area contributed by atoms with Gasteiger partial charge < -0.3 is 14.8 Å². The van der Waals surface area contributed by atoms with Crippen LogP contribution in [-0.4, -0.2) is 15.5 Å². The summed E-state index contributed by atoms with van der Waals surface area (Å²) in [5.41, 5.74) is 5.31. The molecule has 32 heavy (non-hydrogen) atoms. The van der Waals surface area contributed by atoms with Crippen molar-refractivity contribution < 1.29 is 9.18 Å². The summed E-state index contributed by atoms with van der Waals surface area (Å²) in [4.78, 5) is 15.4. The Labute approximate surface area is 194 Å². The van der Waals surface area contributed by atoms with Gasteiger partial charge in [-0.3, -0.25) is 0 Å². The first kappa shape index (κ1) is 20.5. The van der Waals surface area contributed by atoms with Crippen molar-refractivity contribution in [2.24, 2.45) is 0 Å². The molecule has 6 heteroatoms. The second-order valence-electron chi connectivity index (χ2n) is 7.87. The van der Waals surface area contributed by atoms with Crippen LogP contribution in [0.3, 0.4) is 0 Å². The fourth-order valence-corrected chi connectivity index (χ4v) is 4.67. The maximum absolute atomic E-state index is 14.5. The van der Waals surface area contributed by atoms with Gasteiger partial charge in [-0.05, 0) is 60.0 Å². The van der Waals surface area contributed by atoms with Crippen molar-refractivity contribution in [1.82, 2.24) is 9.47 Å². The van der Waals surface area contributed by atoms with E-state index in [1.807, 2.05) is 67.7 Å². The lowest BCUT2D eigenvalue weighted by molar-refractivity contribution is 0.194. The number of carbonyl (C=O) groups excluding carboxylic acids is 1. The number of aromatic nitrogens is 1. The van der Waals surface area contributed by atoms with E-state index in [0.717, 1.165) is 28.1 Å². The van der Waals surface area contributed by atoms with E-state index in [1.165, 1.54) is 6.07 Å². The van der Waals surface area contributed by atoms with Crippen LogP contribution in [0.15, 0.2) is 89.5 Å². The normalized spacial score (nSPS) is 15.0. The molecule has 1 N–H and O–H groups in total. The summed E-state index contributed by atoms with van der Waals surface area (Å²) in [7, 11) is 0. The fourth-order valence-electron chi connectivity index (χ4n) is 4.34. The number of aryl methyl sites for hydroxylation is 1. The van der Waals surface area contributed by atoms with Crippen LogP contribution in [0.5, 0.6) is 0 Å². The first-order valence-corrected chi connectivity index (χ1v) is 11.2. The highest BCUT2D eigenvalue weighted by Gasteiger charge is 2.33. The van der Waals surface area contributed by atoms with Gasteiger partial charge in [0.25, 0.3) is 0 Å². The van der Waals surface area contributed by atoms with E-state index in [-0.39, 0.29) is 17.8 Å². The highest BCUT2D eigenvalue weighted by Crippen LogP contribution is 2.38. The number of hydrogen-bond donors (Lipinski definition) is 1. The van der Waals surface area contributed by atoms with Crippen molar-refractivity contribution in [3.8, 4) is 5.69 Å². The highest BCUT2D eigenvalue weighted by molar-refractivity contribution is 9.10. The number of hydrogen-bond acceptors (Lipinski definition) is 1. The smallest absolute Gasteiger partial charge is 0.318 e. The molecule has 0 fully saturated rings. The third-order valence-corrected chi connectivity index (χ3v) is 6.37. The number of para-hydroxylation sites is 1. The molecule has 0 spiro atoms. The zero-order chi connectivity index (χ0) is 22.2. The van der Waals surface area contributed by atoms with Crippen molar-refractivity contribution in [3.63, 3.8) is 0 Å². The summed E-state index contributed by atoms with van der Waals surface area (Å²) in [6.45, 7) is 2.44. The van der Waals surface area contributed by atoms with Gasteiger partial charge in [-0.25, -0.2) is 9.18 Å². The second kappa shape index (κ2) is 8.28. The Bertz CT molecular complexity index is 1320. The zero-order valence-electron chi connectivity index (χ0n) is 17.4. The Morgan fingerprint density at radius 1 is 1.03 bits per heavy atom. The van der Waals surface area contributed by atoms with Crippen LogP contribution in [0, 0.1) is 12.7 Å². The summed E-state index contributed by atoms with van der Waals surface area (Å²) >= 11 is 3.26. The lowest BCUT2D eigenvalue weighted by Gasteiger charge is -2.32. The molecule has 1 aromatic heterocycles. The average Bonchev–Trinajstić information content (AvgIpc) is 3.21. The number of amides is 2. The summed E-state index contributed by atoms with van der Waals surface area (Å²) in [6.07, 6.45) is 2.02. The van der Waals surface area contributed by atoms with Gasteiger partial charge in [0.15, 0.2) is 0 Å². The molecule has 0 radical (unpaired) electrons. The number of benzene rings is 3. The Morgan fingerprint density at radius 2 is 1.81 bits per heavy atom. The van der Waals surface area contributed by atoms with Crippen molar-refractivity contribution in [1.29, 1.82) is 0 Å². The largest absolute Gasteiger partial charge is 0.323 e. The van der Waals surface area contributed by atoms with E-state index >= 15 is 0 Å². The van der Waals surface area contributed by atoms with Gasteiger partial charge >= 0.3 is 6.03 Å². The Hall–Kier alpha value is -3.38. The third-order valence-electron chi connectivity index (χ3n) is 5.88. The molecule has 3 aromatic carbocycles. The van der Waals surface area contributed by atoms with Gasteiger partial charge in [0.2, 0.25) is 0 Å². The summed E-state index contributed by atoms with van der Waals surface area (Å²) in [5, 5.41) is 2.79. The highest BCUT2D eigenvalue weighted by atomic mass is 79.9. The number of fused-ring (bicyclic) bond motifs is 3. The topological polar surface area (TPSA) is 37.3 Å². The lowest BCUT2D eigenvalue weighted by Crippen LogP contribution is -2.38. The van der Waals surface area contributed by atoms with Gasteiger partial charge in [-0.1, -0.05) is 58.4 Å². The average molecular weight is 490 g/mol. The van der Waals surface area contributed by atoms with E-state index in [4.69, 9.17) is 0 Å². The van der Waals surface area contributed by atoms with Crippen molar-refractivity contribution in [2.75, 3.05) is 5.32 Å². The molecule has 0 unspecified atom stereocenters. The van der Waals surface area contributed by atoms with Crippen LogP contribution < -0.4 is 5.32 Å². The molecule has 4 aromatic rings. The van der Waals surface area contributed by atoms with Crippen LogP contribution in [-0.2, 0) is 6.54 Å². The second-order valence-corrected chi connectivity index (χ2v) is 8.79. The van der Waals surface area contributed by atoms with Crippen LogP contribution >= 0.6 is 15.9 Å². The van der Waals surface area contributed by atoms with Gasteiger partial charge in [0, 0.05) is 16.4 Å². The predicted molar refractivity (Wildman–Crippen MR) is 127 cm³/mol. The molecule has 160 valence electrons. The maximum Gasteiger partial charge on any atom is 0.323 e. The zero-order valence-corrected chi connectivity index (χ0v) is 19.0. The first-order valence-electron chi connectivity index (χ1n) is 10.4. The third kappa shape index (κ3) is 3.60. The van der Waals surface area contributed by atoms with E-state index in [0.29, 0.717) is 11.0 Å². The van der Waals surface area contributed by atoms with Gasteiger partial charge in [-0.2, -0.15) is 0 Å². The van der Waals surface area contributed by atoms with E-state index in [1.54, 1.807) is 17.0 Å². The Kier molecular flexibility index (Phi) is 5.31. The molecule has 5 rings (SSSR count). The molecule has 0 saturated carbocycles. The van der Waals surface area contributed by atoms with Crippen LogP contribution in [0.1, 0.15) is 28.4 Å². The van der Waals surface area contributed by atoms with Gasteiger partial charge in [0.05, 0.1) is 17.9 Å². The van der Waals surface area contributed by atoms with Crippen LogP contribution in [0.2, 0.25) is 0 Å². The summed E-state index contributed by atoms with van der Waals surface area (Å²) < 4.78 is 17.3. The van der Waals surface area contributed by atoms with Crippen molar-refractivity contribution in [3.05, 3.63) is 118 Å². The standard InChI is InChI=1S/C26H21BrFN3O/c1-17-7-2-4-9-20(17)25-24-11-6-14-30(24)23-10-5-3-8-18(23)16-31(25)26(32)29-22-13-12-19(27)15-21(22)28/h2-15,25H,16H2,1H3,(H,29,32)/t25-/m0/s1. The monoisotopic (exact) mass is 489 g/mol. The molecular weight excluding hydrogens is 469 g/mol. The fraction of sp³-hybridized carbons (Fsp3) is 0.115. The molecule has 0 saturated heterocycles. The number of carbonyl (C=O) groups is 1. The molecule has 1 aliphatic rings. The molecule has 4 nitrogen and oxygen atoms in total. The lowest BCUT2D eigenvalue weighted by atomic mass is 9.97. The minimum atomic E-state index is -0.487. The quantitative estimate of drug-likeness (QED) is 0.329. The molecule has 0 aliphatic carbocycles.